The van der Waals surface area contributed by atoms with Crippen molar-refractivity contribution in [1.29, 1.82) is 0 Å². The summed E-state index contributed by atoms with van der Waals surface area (Å²) in [6, 6.07) is 9.22. The Morgan fingerprint density at radius 3 is 2.71 bits per heavy atom. The molecule has 17 heavy (non-hydrogen) atoms. The summed E-state index contributed by atoms with van der Waals surface area (Å²) in [5, 5.41) is 10.7. The molecule has 1 rings (SSSR count). The standard InChI is InChI=1S/C13H19NO3/c1-2-17-13(16)12(14-9-6-10-15)11-7-4-3-5-8-11/h3-5,7-8,12,14-15H,2,6,9-10H2,1H3/p+1/t12-/m1/s1. The summed E-state index contributed by atoms with van der Waals surface area (Å²) in [4.78, 5) is 11.8. The van der Waals surface area contributed by atoms with E-state index in [1.807, 2.05) is 35.6 Å². The molecule has 4 nitrogen and oxygen atoms in total. The minimum Gasteiger partial charge on any atom is -0.461 e. The fourth-order valence-electron chi connectivity index (χ4n) is 1.64. The topological polar surface area (TPSA) is 63.1 Å². The number of nitrogens with two attached hydrogens (primary N) is 1. The summed E-state index contributed by atoms with van der Waals surface area (Å²) in [6.45, 7) is 3.03. The second-order valence-electron chi connectivity index (χ2n) is 3.74. The van der Waals surface area contributed by atoms with Gasteiger partial charge in [-0.25, -0.2) is 4.79 Å². The van der Waals surface area contributed by atoms with E-state index in [4.69, 9.17) is 9.84 Å². The van der Waals surface area contributed by atoms with E-state index < -0.39 is 0 Å². The lowest BCUT2D eigenvalue weighted by atomic mass is 10.1. The van der Waals surface area contributed by atoms with Crippen LogP contribution in [0, 0.1) is 0 Å². The number of aliphatic hydroxyl groups excluding tert-OH is 1. The van der Waals surface area contributed by atoms with Gasteiger partial charge in [-0.3, -0.25) is 0 Å². The van der Waals surface area contributed by atoms with Gasteiger partial charge < -0.3 is 15.2 Å². The van der Waals surface area contributed by atoms with Crippen LogP contribution >= 0.6 is 0 Å². The van der Waals surface area contributed by atoms with E-state index in [9.17, 15) is 4.79 Å². The number of ether oxygens (including phenoxy) is 1. The number of rotatable bonds is 7. The molecule has 4 heteroatoms. The SMILES string of the molecule is CCOC(=O)[C@H]([NH2+]CCCO)c1ccccc1. The normalized spacial score (nSPS) is 12.1. The lowest BCUT2D eigenvalue weighted by Gasteiger charge is -2.14. The molecular formula is C13H20NO3+. The van der Waals surface area contributed by atoms with Gasteiger partial charge >= 0.3 is 5.97 Å². The lowest BCUT2D eigenvalue weighted by molar-refractivity contribution is -0.684. The number of quaternary nitrogens is 1. The first-order valence-corrected chi connectivity index (χ1v) is 5.95. The fourth-order valence-corrected chi connectivity index (χ4v) is 1.64. The Bertz CT molecular complexity index is 327. The number of carbonyl (C=O) groups is 1. The summed E-state index contributed by atoms with van der Waals surface area (Å²) in [5.41, 5.74) is 0.934. The molecule has 0 aliphatic heterocycles. The monoisotopic (exact) mass is 238 g/mol. The zero-order chi connectivity index (χ0) is 12.5. The van der Waals surface area contributed by atoms with Crippen LogP contribution in [0.3, 0.4) is 0 Å². The van der Waals surface area contributed by atoms with E-state index in [1.54, 1.807) is 6.92 Å². The molecule has 0 amide bonds. The second-order valence-corrected chi connectivity index (χ2v) is 3.74. The Morgan fingerprint density at radius 1 is 1.41 bits per heavy atom. The maximum absolute atomic E-state index is 11.8. The van der Waals surface area contributed by atoms with Crippen molar-refractivity contribution in [2.75, 3.05) is 19.8 Å². The molecule has 1 aromatic rings. The third-order valence-electron chi connectivity index (χ3n) is 2.46. The van der Waals surface area contributed by atoms with Crippen LogP contribution in [0.1, 0.15) is 24.9 Å². The average Bonchev–Trinajstić information content (AvgIpc) is 2.36. The summed E-state index contributed by atoms with van der Waals surface area (Å²) >= 11 is 0. The van der Waals surface area contributed by atoms with Gasteiger partial charge in [-0.2, -0.15) is 0 Å². The zero-order valence-electron chi connectivity index (χ0n) is 10.1. The highest BCUT2D eigenvalue weighted by molar-refractivity contribution is 5.75. The van der Waals surface area contributed by atoms with Crippen molar-refractivity contribution >= 4 is 5.97 Å². The van der Waals surface area contributed by atoms with Crippen LogP contribution in [0.25, 0.3) is 0 Å². The van der Waals surface area contributed by atoms with Crippen LogP contribution in [0.2, 0.25) is 0 Å². The van der Waals surface area contributed by atoms with E-state index >= 15 is 0 Å². The molecule has 3 N–H and O–H groups in total. The smallest absolute Gasteiger partial charge is 0.369 e. The molecular weight excluding hydrogens is 218 g/mol. The lowest BCUT2D eigenvalue weighted by Crippen LogP contribution is -2.87. The molecule has 0 saturated carbocycles. The van der Waals surface area contributed by atoms with E-state index in [0.717, 1.165) is 5.56 Å². The summed E-state index contributed by atoms with van der Waals surface area (Å²) < 4.78 is 5.06. The first-order valence-electron chi connectivity index (χ1n) is 5.95. The van der Waals surface area contributed by atoms with E-state index in [2.05, 4.69) is 0 Å². The van der Waals surface area contributed by atoms with E-state index in [-0.39, 0.29) is 18.6 Å². The maximum atomic E-state index is 11.8. The van der Waals surface area contributed by atoms with Gasteiger partial charge in [0.15, 0.2) is 0 Å². The van der Waals surface area contributed by atoms with Crippen molar-refractivity contribution in [1.82, 2.24) is 0 Å². The van der Waals surface area contributed by atoms with Gasteiger partial charge in [0.1, 0.15) is 0 Å². The van der Waals surface area contributed by atoms with Gasteiger partial charge in [-0.1, -0.05) is 30.3 Å². The Labute approximate surface area is 102 Å². The van der Waals surface area contributed by atoms with Crippen molar-refractivity contribution < 1.29 is 20.0 Å². The highest BCUT2D eigenvalue weighted by Crippen LogP contribution is 2.09. The number of benzene rings is 1. The van der Waals surface area contributed by atoms with Gasteiger partial charge in [0, 0.05) is 18.6 Å². The number of hydrogen-bond donors (Lipinski definition) is 2. The molecule has 0 saturated heterocycles. The summed E-state index contributed by atoms with van der Waals surface area (Å²) in [5.74, 6) is -0.225. The molecule has 0 spiro atoms. The molecule has 0 fully saturated rings. The molecule has 1 aromatic carbocycles. The van der Waals surface area contributed by atoms with E-state index in [1.165, 1.54) is 0 Å². The van der Waals surface area contributed by atoms with Gasteiger partial charge in [-0.05, 0) is 6.92 Å². The van der Waals surface area contributed by atoms with Crippen molar-refractivity contribution in [3.63, 3.8) is 0 Å². The van der Waals surface area contributed by atoms with Crippen LogP contribution in [0.4, 0.5) is 0 Å². The summed E-state index contributed by atoms with van der Waals surface area (Å²) in [6.07, 6.45) is 0.669. The van der Waals surface area contributed by atoms with Crippen molar-refractivity contribution in [2.45, 2.75) is 19.4 Å². The maximum Gasteiger partial charge on any atom is 0.369 e. The molecule has 0 heterocycles. The third kappa shape index (κ3) is 4.54. The van der Waals surface area contributed by atoms with Crippen LogP contribution < -0.4 is 5.32 Å². The van der Waals surface area contributed by atoms with Crippen molar-refractivity contribution in [3.8, 4) is 0 Å². The van der Waals surface area contributed by atoms with Crippen molar-refractivity contribution in [3.05, 3.63) is 35.9 Å². The zero-order valence-corrected chi connectivity index (χ0v) is 10.1. The minimum atomic E-state index is -0.331. The molecule has 0 aliphatic carbocycles. The van der Waals surface area contributed by atoms with Crippen LogP contribution in [0.15, 0.2) is 30.3 Å². The molecule has 0 aromatic heterocycles. The minimum absolute atomic E-state index is 0.140. The molecule has 1 atom stereocenters. The fraction of sp³-hybridized carbons (Fsp3) is 0.462. The third-order valence-corrected chi connectivity index (χ3v) is 2.46. The molecule has 94 valence electrons. The number of aliphatic hydroxyl groups is 1. The Hall–Kier alpha value is -1.39. The van der Waals surface area contributed by atoms with Crippen LogP contribution in [-0.2, 0) is 9.53 Å². The van der Waals surface area contributed by atoms with Gasteiger partial charge in [-0.15, -0.1) is 0 Å². The Kier molecular flexibility index (Phi) is 6.29. The predicted molar refractivity (Wildman–Crippen MR) is 64.3 cm³/mol. The first kappa shape index (κ1) is 13.7. The van der Waals surface area contributed by atoms with Gasteiger partial charge in [0.05, 0.1) is 13.2 Å². The number of esters is 1. The number of hydrogen-bond acceptors (Lipinski definition) is 3. The molecule has 0 unspecified atom stereocenters. The predicted octanol–water partition coefficient (Wildman–Crippen LogP) is 0.237. The van der Waals surface area contributed by atoms with Crippen LogP contribution in [0.5, 0.6) is 0 Å². The van der Waals surface area contributed by atoms with Gasteiger partial charge in [0.25, 0.3) is 0 Å². The first-order chi connectivity index (χ1) is 8.29. The quantitative estimate of drug-likeness (QED) is 0.528. The Morgan fingerprint density at radius 2 is 2.12 bits per heavy atom. The molecule has 0 aliphatic rings. The number of carbonyl (C=O) groups excluding carboxylic acids is 1. The largest absolute Gasteiger partial charge is 0.461 e. The Balaban J connectivity index is 2.68. The van der Waals surface area contributed by atoms with Gasteiger partial charge in [0.2, 0.25) is 6.04 Å². The second kappa shape index (κ2) is 7.81. The molecule has 0 bridgehead atoms. The van der Waals surface area contributed by atoms with Crippen LogP contribution in [-0.4, -0.2) is 30.8 Å². The highest BCUT2D eigenvalue weighted by atomic mass is 16.5. The van der Waals surface area contributed by atoms with E-state index in [0.29, 0.717) is 19.6 Å². The van der Waals surface area contributed by atoms with Crippen molar-refractivity contribution in [2.24, 2.45) is 0 Å². The molecule has 0 radical (unpaired) electrons. The summed E-state index contributed by atoms with van der Waals surface area (Å²) in [7, 11) is 0. The average molecular weight is 238 g/mol. The highest BCUT2D eigenvalue weighted by Gasteiger charge is 2.24.